The van der Waals surface area contributed by atoms with Gasteiger partial charge in [-0.1, -0.05) is 0 Å². The maximum Gasteiger partial charge on any atom is 0.0641 e. The molecular weight excluding hydrogens is 150 g/mol. The van der Waals surface area contributed by atoms with E-state index in [1.807, 2.05) is 0 Å². The molecule has 0 fully saturated rings. The summed E-state index contributed by atoms with van der Waals surface area (Å²) in [5.74, 6) is 0. The van der Waals surface area contributed by atoms with Crippen LogP contribution in [0.4, 0.5) is 0 Å². The first-order valence-corrected chi connectivity index (χ1v) is 4.58. The van der Waals surface area contributed by atoms with Crippen molar-refractivity contribution in [3.63, 3.8) is 0 Å². The first-order chi connectivity index (χ1) is 5.83. The Hall–Kier alpha value is -0.830. The van der Waals surface area contributed by atoms with Gasteiger partial charge in [-0.05, 0) is 13.8 Å². The molecule has 0 amide bonds. The molecule has 3 heteroatoms. The smallest absolute Gasteiger partial charge is 0.0641 e. The second-order valence-electron chi connectivity index (χ2n) is 3.25. The van der Waals surface area contributed by atoms with E-state index in [2.05, 4.69) is 28.9 Å². The molecule has 1 aromatic heterocycles. The van der Waals surface area contributed by atoms with E-state index in [1.165, 1.54) is 17.0 Å². The Balaban J connectivity index is 2.47. The predicted octanol–water partition coefficient (Wildman–Crippen LogP) is 0.857. The van der Waals surface area contributed by atoms with Crippen molar-refractivity contribution in [2.75, 3.05) is 6.54 Å². The van der Waals surface area contributed by atoms with E-state index in [0.29, 0.717) is 0 Å². The van der Waals surface area contributed by atoms with Crippen LogP contribution >= 0.6 is 0 Å². The van der Waals surface area contributed by atoms with E-state index in [4.69, 9.17) is 0 Å². The Bertz CT molecular complexity index is 288. The number of aryl methyl sites for hydroxylation is 2. The standard InChI is InChI=1S/C9H15N3/c1-3-12-9-4-5-10-6-8(9)7(2)11-12/h10H,3-6H2,1-2H3. The molecule has 1 N–H and O–H groups in total. The average Bonchev–Trinajstić information content (AvgIpc) is 2.44. The molecule has 0 atom stereocenters. The molecule has 12 heavy (non-hydrogen) atoms. The van der Waals surface area contributed by atoms with Crippen molar-refractivity contribution < 1.29 is 0 Å². The van der Waals surface area contributed by atoms with E-state index in [9.17, 15) is 0 Å². The van der Waals surface area contributed by atoms with E-state index < -0.39 is 0 Å². The fourth-order valence-electron chi connectivity index (χ4n) is 1.86. The van der Waals surface area contributed by atoms with Crippen molar-refractivity contribution in [3.8, 4) is 0 Å². The third kappa shape index (κ3) is 1.05. The molecule has 3 nitrogen and oxygen atoms in total. The van der Waals surface area contributed by atoms with Crippen molar-refractivity contribution >= 4 is 0 Å². The van der Waals surface area contributed by atoms with Crippen LogP contribution in [0.25, 0.3) is 0 Å². The van der Waals surface area contributed by atoms with Gasteiger partial charge in [0, 0.05) is 37.3 Å². The van der Waals surface area contributed by atoms with Gasteiger partial charge in [0.2, 0.25) is 0 Å². The molecule has 66 valence electrons. The SMILES string of the molecule is CCn1nc(C)c2c1CCNC2. The molecule has 1 aliphatic heterocycles. The van der Waals surface area contributed by atoms with Gasteiger partial charge in [0.05, 0.1) is 5.69 Å². The monoisotopic (exact) mass is 165 g/mol. The fraction of sp³-hybridized carbons (Fsp3) is 0.667. The number of nitrogens with one attached hydrogen (secondary N) is 1. The van der Waals surface area contributed by atoms with Crippen LogP contribution in [0.5, 0.6) is 0 Å². The normalized spacial score (nSPS) is 16.2. The molecule has 0 aromatic carbocycles. The molecule has 0 saturated carbocycles. The minimum Gasteiger partial charge on any atom is -0.312 e. The number of fused-ring (bicyclic) bond motifs is 1. The summed E-state index contributed by atoms with van der Waals surface area (Å²) >= 11 is 0. The summed E-state index contributed by atoms with van der Waals surface area (Å²) in [6, 6.07) is 0. The number of nitrogens with zero attached hydrogens (tertiary/aromatic N) is 2. The van der Waals surface area contributed by atoms with Crippen LogP contribution < -0.4 is 5.32 Å². The van der Waals surface area contributed by atoms with Gasteiger partial charge in [-0.25, -0.2) is 0 Å². The lowest BCUT2D eigenvalue weighted by Gasteiger charge is -2.14. The molecule has 0 radical (unpaired) electrons. The lowest BCUT2D eigenvalue weighted by atomic mass is 10.1. The van der Waals surface area contributed by atoms with Crippen LogP contribution in [-0.4, -0.2) is 16.3 Å². The van der Waals surface area contributed by atoms with Gasteiger partial charge in [-0.3, -0.25) is 4.68 Å². The largest absolute Gasteiger partial charge is 0.312 e. The van der Waals surface area contributed by atoms with Gasteiger partial charge in [0.25, 0.3) is 0 Å². The van der Waals surface area contributed by atoms with Crippen LogP contribution in [0.2, 0.25) is 0 Å². The summed E-state index contributed by atoms with van der Waals surface area (Å²) < 4.78 is 2.13. The Kier molecular flexibility index (Phi) is 1.89. The van der Waals surface area contributed by atoms with Crippen LogP contribution in [-0.2, 0) is 19.5 Å². The van der Waals surface area contributed by atoms with Crippen LogP contribution in [0.15, 0.2) is 0 Å². The molecule has 1 aliphatic rings. The Morgan fingerprint density at radius 3 is 3.17 bits per heavy atom. The average molecular weight is 165 g/mol. The maximum atomic E-state index is 4.49. The molecule has 2 heterocycles. The first-order valence-electron chi connectivity index (χ1n) is 4.58. The molecule has 1 aromatic rings. The van der Waals surface area contributed by atoms with Crippen LogP contribution in [0.3, 0.4) is 0 Å². The molecule has 0 bridgehead atoms. The Labute approximate surface area is 72.8 Å². The van der Waals surface area contributed by atoms with Gasteiger partial charge < -0.3 is 5.32 Å². The zero-order valence-corrected chi connectivity index (χ0v) is 7.72. The predicted molar refractivity (Wildman–Crippen MR) is 48.0 cm³/mol. The maximum absolute atomic E-state index is 4.49. The lowest BCUT2D eigenvalue weighted by molar-refractivity contribution is 0.571. The van der Waals surface area contributed by atoms with Gasteiger partial charge in [0.15, 0.2) is 0 Å². The fourth-order valence-corrected chi connectivity index (χ4v) is 1.86. The first kappa shape index (κ1) is 7.80. The van der Waals surface area contributed by atoms with E-state index in [-0.39, 0.29) is 0 Å². The number of rotatable bonds is 1. The third-order valence-electron chi connectivity index (χ3n) is 2.51. The topological polar surface area (TPSA) is 29.9 Å². The van der Waals surface area contributed by atoms with Gasteiger partial charge in [-0.2, -0.15) is 5.10 Å². The summed E-state index contributed by atoms with van der Waals surface area (Å²) in [5, 5.41) is 7.85. The molecule has 0 unspecified atom stereocenters. The van der Waals surface area contributed by atoms with Crippen LogP contribution in [0.1, 0.15) is 23.9 Å². The zero-order chi connectivity index (χ0) is 8.55. The van der Waals surface area contributed by atoms with E-state index >= 15 is 0 Å². The van der Waals surface area contributed by atoms with Gasteiger partial charge in [-0.15, -0.1) is 0 Å². The molecule has 0 aliphatic carbocycles. The highest BCUT2D eigenvalue weighted by Crippen LogP contribution is 2.17. The molecule has 0 saturated heterocycles. The van der Waals surface area contributed by atoms with Gasteiger partial charge >= 0.3 is 0 Å². The summed E-state index contributed by atoms with van der Waals surface area (Å²) in [6.45, 7) is 7.34. The van der Waals surface area contributed by atoms with Crippen LogP contribution in [0, 0.1) is 6.92 Å². The quantitative estimate of drug-likeness (QED) is 0.668. The Morgan fingerprint density at radius 1 is 1.58 bits per heavy atom. The van der Waals surface area contributed by atoms with Crippen molar-refractivity contribution in [3.05, 3.63) is 17.0 Å². The highest BCUT2D eigenvalue weighted by Gasteiger charge is 2.16. The van der Waals surface area contributed by atoms with Crippen molar-refractivity contribution in [2.45, 2.75) is 33.4 Å². The van der Waals surface area contributed by atoms with E-state index in [0.717, 1.165) is 26.1 Å². The summed E-state index contributed by atoms with van der Waals surface area (Å²) in [7, 11) is 0. The summed E-state index contributed by atoms with van der Waals surface area (Å²) in [5.41, 5.74) is 4.05. The second kappa shape index (κ2) is 2.90. The van der Waals surface area contributed by atoms with Crippen molar-refractivity contribution in [1.29, 1.82) is 0 Å². The third-order valence-corrected chi connectivity index (χ3v) is 2.51. The molecular formula is C9H15N3. The highest BCUT2D eigenvalue weighted by atomic mass is 15.3. The molecule has 2 rings (SSSR count). The minimum atomic E-state index is 0.996. The number of hydrogen-bond acceptors (Lipinski definition) is 2. The second-order valence-corrected chi connectivity index (χ2v) is 3.25. The zero-order valence-electron chi connectivity index (χ0n) is 7.72. The minimum absolute atomic E-state index is 0.996. The number of hydrogen-bond donors (Lipinski definition) is 1. The highest BCUT2D eigenvalue weighted by molar-refractivity contribution is 5.27. The van der Waals surface area contributed by atoms with Crippen molar-refractivity contribution in [1.82, 2.24) is 15.1 Å². The lowest BCUT2D eigenvalue weighted by Crippen LogP contribution is -2.24. The molecule has 0 spiro atoms. The van der Waals surface area contributed by atoms with Crippen molar-refractivity contribution in [2.24, 2.45) is 0 Å². The van der Waals surface area contributed by atoms with E-state index in [1.54, 1.807) is 0 Å². The Morgan fingerprint density at radius 2 is 2.42 bits per heavy atom. The summed E-state index contributed by atoms with van der Waals surface area (Å²) in [4.78, 5) is 0. The van der Waals surface area contributed by atoms with Gasteiger partial charge in [0.1, 0.15) is 0 Å². The number of aromatic nitrogens is 2. The summed E-state index contributed by atoms with van der Waals surface area (Å²) in [6.07, 6.45) is 1.13.